The average molecular weight is 326 g/mol. The molecule has 1 fully saturated rings. The Morgan fingerprint density at radius 3 is 2.64 bits per heavy atom. The van der Waals surface area contributed by atoms with Gasteiger partial charge in [-0.05, 0) is 37.3 Å². The van der Waals surface area contributed by atoms with Crippen LogP contribution in [0.25, 0.3) is 0 Å². The predicted molar refractivity (Wildman–Crippen MR) is 87.9 cm³/mol. The fourth-order valence-electron chi connectivity index (χ4n) is 2.65. The molecule has 1 saturated heterocycles. The van der Waals surface area contributed by atoms with Crippen LogP contribution in [0.1, 0.15) is 33.1 Å². The molecular weight excluding hydrogens is 302 g/mol. The number of nitrogens with two attached hydrogens (primary N) is 1. The minimum absolute atomic E-state index is 0.0431. The van der Waals surface area contributed by atoms with Crippen LogP contribution in [0, 0.1) is 5.92 Å². The van der Waals surface area contributed by atoms with Crippen LogP contribution in [0.5, 0.6) is 0 Å². The topological polar surface area (TPSA) is 84.1 Å². The quantitative estimate of drug-likeness (QED) is 0.858. The van der Waals surface area contributed by atoms with Crippen LogP contribution in [0.2, 0.25) is 5.15 Å². The van der Waals surface area contributed by atoms with Gasteiger partial charge in [-0.25, -0.2) is 0 Å². The second-order valence-corrected chi connectivity index (χ2v) is 6.61. The van der Waals surface area contributed by atoms with Crippen LogP contribution in [0.3, 0.4) is 0 Å². The van der Waals surface area contributed by atoms with Crippen LogP contribution in [0.4, 0.5) is 5.82 Å². The van der Waals surface area contributed by atoms with Crippen molar-refractivity contribution < 1.29 is 4.79 Å². The maximum atomic E-state index is 12.0. The van der Waals surface area contributed by atoms with Gasteiger partial charge in [0.1, 0.15) is 0 Å². The van der Waals surface area contributed by atoms with Crippen molar-refractivity contribution in [3.63, 3.8) is 0 Å². The van der Waals surface area contributed by atoms with E-state index in [1.807, 2.05) is 6.07 Å². The molecule has 22 heavy (non-hydrogen) atoms. The van der Waals surface area contributed by atoms with Crippen molar-refractivity contribution in [1.82, 2.24) is 15.5 Å². The van der Waals surface area contributed by atoms with Crippen molar-refractivity contribution in [2.75, 3.05) is 18.0 Å². The van der Waals surface area contributed by atoms with E-state index in [2.05, 4.69) is 34.3 Å². The van der Waals surface area contributed by atoms with E-state index in [0.29, 0.717) is 17.5 Å². The molecule has 2 rings (SSSR count). The van der Waals surface area contributed by atoms with Gasteiger partial charge in [0.05, 0.1) is 6.04 Å². The normalized spacial score (nSPS) is 17.6. The fourth-order valence-corrected chi connectivity index (χ4v) is 2.75. The van der Waals surface area contributed by atoms with Crippen molar-refractivity contribution in [2.45, 2.75) is 45.2 Å². The maximum Gasteiger partial charge on any atom is 0.237 e. The first-order valence-electron chi connectivity index (χ1n) is 7.76. The first-order chi connectivity index (χ1) is 10.5. The SMILES string of the molecule is CC(C)C[C@@H](N)C(=O)NC1CCN(c2ccc(Cl)nn2)CC1. The van der Waals surface area contributed by atoms with Crippen molar-refractivity contribution >= 4 is 23.3 Å². The molecule has 0 saturated carbocycles. The third-order valence-corrected chi connectivity index (χ3v) is 4.05. The van der Waals surface area contributed by atoms with Crippen molar-refractivity contribution in [3.8, 4) is 0 Å². The van der Waals surface area contributed by atoms with E-state index in [4.69, 9.17) is 17.3 Å². The summed E-state index contributed by atoms with van der Waals surface area (Å²) in [4.78, 5) is 14.2. The third-order valence-electron chi connectivity index (χ3n) is 3.85. The van der Waals surface area contributed by atoms with E-state index in [1.165, 1.54) is 0 Å². The van der Waals surface area contributed by atoms with Crippen molar-refractivity contribution in [2.24, 2.45) is 11.7 Å². The molecule has 7 heteroatoms. The molecule has 0 spiro atoms. The lowest BCUT2D eigenvalue weighted by Gasteiger charge is -2.33. The average Bonchev–Trinajstić information content (AvgIpc) is 2.48. The molecule has 0 unspecified atom stereocenters. The lowest BCUT2D eigenvalue weighted by Crippen LogP contribution is -2.50. The summed E-state index contributed by atoms with van der Waals surface area (Å²) in [5.74, 6) is 1.20. The number of nitrogens with zero attached hydrogens (tertiary/aromatic N) is 3. The summed E-state index contributed by atoms with van der Waals surface area (Å²) in [5.41, 5.74) is 5.91. The predicted octanol–water partition coefficient (Wildman–Crippen LogP) is 1.59. The molecule has 1 aromatic heterocycles. The zero-order valence-corrected chi connectivity index (χ0v) is 13.9. The van der Waals surface area contributed by atoms with Gasteiger partial charge in [0.15, 0.2) is 11.0 Å². The minimum Gasteiger partial charge on any atom is -0.355 e. The number of hydrogen-bond donors (Lipinski definition) is 2. The van der Waals surface area contributed by atoms with Gasteiger partial charge in [-0.1, -0.05) is 25.4 Å². The molecule has 122 valence electrons. The van der Waals surface area contributed by atoms with Crippen LogP contribution < -0.4 is 16.0 Å². The number of amides is 1. The summed E-state index contributed by atoms with van der Waals surface area (Å²) >= 11 is 5.75. The molecule has 0 aliphatic carbocycles. The number of halogens is 1. The highest BCUT2D eigenvalue weighted by molar-refractivity contribution is 6.29. The van der Waals surface area contributed by atoms with Crippen LogP contribution in [0.15, 0.2) is 12.1 Å². The molecule has 3 N–H and O–H groups in total. The van der Waals surface area contributed by atoms with Gasteiger partial charge in [-0.2, -0.15) is 0 Å². The molecule has 1 amide bonds. The first-order valence-corrected chi connectivity index (χ1v) is 8.13. The minimum atomic E-state index is -0.417. The molecule has 0 aromatic carbocycles. The number of nitrogens with one attached hydrogen (secondary N) is 1. The lowest BCUT2D eigenvalue weighted by atomic mass is 10.0. The second-order valence-electron chi connectivity index (χ2n) is 6.22. The Kier molecular flexibility index (Phi) is 5.97. The van der Waals surface area contributed by atoms with E-state index in [0.717, 1.165) is 31.7 Å². The van der Waals surface area contributed by atoms with Crippen LogP contribution >= 0.6 is 11.6 Å². The smallest absolute Gasteiger partial charge is 0.237 e. The zero-order chi connectivity index (χ0) is 16.1. The van der Waals surface area contributed by atoms with Gasteiger partial charge in [-0.15, -0.1) is 10.2 Å². The van der Waals surface area contributed by atoms with Crippen LogP contribution in [-0.4, -0.2) is 41.3 Å². The largest absolute Gasteiger partial charge is 0.355 e. The second kappa shape index (κ2) is 7.74. The number of carbonyl (C=O) groups excluding carboxylic acids is 1. The molecule has 1 aromatic rings. The Hall–Kier alpha value is -1.40. The van der Waals surface area contributed by atoms with Crippen LogP contribution in [-0.2, 0) is 4.79 Å². The summed E-state index contributed by atoms with van der Waals surface area (Å²) in [5, 5.41) is 11.4. The highest BCUT2D eigenvalue weighted by Crippen LogP contribution is 2.18. The molecular formula is C15H24ClN5O. The van der Waals surface area contributed by atoms with E-state index in [9.17, 15) is 4.79 Å². The monoisotopic (exact) mass is 325 g/mol. The fraction of sp³-hybridized carbons (Fsp3) is 0.667. The van der Waals surface area contributed by atoms with Gasteiger partial charge in [0.25, 0.3) is 0 Å². The first kappa shape index (κ1) is 17.0. The van der Waals surface area contributed by atoms with Gasteiger partial charge in [0.2, 0.25) is 5.91 Å². The number of piperidine rings is 1. The summed E-state index contributed by atoms with van der Waals surface area (Å²) in [6.07, 6.45) is 2.47. The Morgan fingerprint density at radius 1 is 1.41 bits per heavy atom. The summed E-state index contributed by atoms with van der Waals surface area (Å²) < 4.78 is 0. The number of aromatic nitrogens is 2. The third kappa shape index (κ3) is 4.81. The number of carbonyl (C=O) groups is 1. The van der Waals surface area contributed by atoms with Gasteiger partial charge in [-0.3, -0.25) is 4.79 Å². The Morgan fingerprint density at radius 2 is 2.09 bits per heavy atom. The molecule has 6 nitrogen and oxygen atoms in total. The Labute approximate surface area is 136 Å². The maximum absolute atomic E-state index is 12.0. The number of rotatable bonds is 5. The van der Waals surface area contributed by atoms with E-state index in [-0.39, 0.29) is 11.9 Å². The number of hydrogen-bond acceptors (Lipinski definition) is 5. The summed E-state index contributed by atoms with van der Waals surface area (Å²) in [6, 6.07) is 3.37. The van der Waals surface area contributed by atoms with E-state index >= 15 is 0 Å². The molecule has 1 aliphatic heterocycles. The highest BCUT2D eigenvalue weighted by Gasteiger charge is 2.24. The van der Waals surface area contributed by atoms with Gasteiger partial charge >= 0.3 is 0 Å². The van der Waals surface area contributed by atoms with E-state index < -0.39 is 6.04 Å². The van der Waals surface area contributed by atoms with Gasteiger partial charge < -0.3 is 16.0 Å². The summed E-state index contributed by atoms with van der Waals surface area (Å²) in [6.45, 7) is 5.80. The Balaban J connectivity index is 1.79. The Bertz CT molecular complexity index is 485. The number of anilines is 1. The highest BCUT2D eigenvalue weighted by atomic mass is 35.5. The van der Waals surface area contributed by atoms with E-state index in [1.54, 1.807) is 6.07 Å². The molecule has 2 heterocycles. The summed E-state index contributed by atoms with van der Waals surface area (Å²) in [7, 11) is 0. The van der Waals surface area contributed by atoms with Crippen molar-refractivity contribution in [1.29, 1.82) is 0 Å². The lowest BCUT2D eigenvalue weighted by molar-refractivity contribution is -0.123. The molecule has 1 atom stereocenters. The van der Waals surface area contributed by atoms with Gasteiger partial charge in [0, 0.05) is 19.1 Å². The molecule has 1 aliphatic rings. The standard InChI is InChI=1S/C15H24ClN5O/c1-10(2)9-12(17)15(22)18-11-5-7-21(8-6-11)14-4-3-13(16)19-20-14/h3-4,10-12H,5-9,17H2,1-2H3,(H,18,22)/t12-/m1/s1. The molecule has 0 radical (unpaired) electrons. The van der Waals surface area contributed by atoms with Crippen molar-refractivity contribution in [3.05, 3.63) is 17.3 Å². The molecule has 0 bridgehead atoms. The zero-order valence-electron chi connectivity index (χ0n) is 13.1.